The number of nitrogens with one attached hydrogen (secondary N) is 1. The number of amides is 2. The summed E-state index contributed by atoms with van der Waals surface area (Å²) in [6.07, 6.45) is 0.965. The van der Waals surface area contributed by atoms with E-state index in [2.05, 4.69) is 5.32 Å². The topological polar surface area (TPSA) is 49.4 Å². The van der Waals surface area contributed by atoms with E-state index in [9.17, 15) is 18.4 Å². The average Bonchev–Trinajstić information content (AvgIpc) is 2.99. The van der Waals surface area contributed by atoms with Crippen molar-refractivity contribution in [2.45, 2.75) is 19.8 Å². The van der Waals surface area contributed by atoms with Crippen LogP contribution in [0, 0.1) is 17.6 Å². The van der Waals surface area contributed by atoms with Gasteiger partial charge in [-0.2, -0.15) is 0 Å². The first-order valence-corrected chi connectivity index (χ1v) is 8.13. The SMILES string of the molecule is CCc1ccc(N2C[C@H](C(=O)Nc3ccc(F)cc3F)CC2=O)cc1. The van der Waals surface area contributed by atoms with Gasteiger partial charge in [-0.25, -0.2) is 8.78 Å². The number of carbonyl (C=O) groups excluding carboxylic acids is 2. The van der Waals surface area contributed by atoms with Crippen molar-refractivity contribution in [2.75, 3.05) is 16.8 Å². The van der Waals surface area contributed by atoms with E-state index in [-0.39, 0.29) is 24.6 Å². The summed E-state index contributed by atoms with van der Waals surface area (Å²) in [6, 6.07) is 10.6. The summed E-state index contributed by atoms with van der Waals surface area (Å²) < 4.78 is 26.6. The number of anilines is 2. The van der Waals surface area contributed by atoms with Crippen LogP contribution in [0.25, 0.3) is 0 Å². The highest BCUT2D eigenvalue weighted by Crippen LogP contribution is 2.27. The molecule has 0 aliphatic carbocycles. The van der Waals surface area contributed by atoms with Gasteiger partial charge in [-0.15, -0.1) is 0 Å². The van der Waals surface area contributed by atoms with Crippen molar-refractivity contribution in [3.05, 3.63) is 59.7 Å². The van der Waals surface area contributed by atoms with Crippen molar-refractivity contribution < 1.29 is 18.4 Å². The molecular formula is C19H18F2N2O2. The van der Waals surface area contributed by atoms with E-state index in [0.29, 0.717) is 6.07 Å². The predicted octanol–water partition coefficient (Wildman–Crippen LogP) is 3.52. The molecule has 1 saturated heterocycles. The summed E-state index contributed by atoms with van der Waals surface area (Å²) in [5.74, 6) is -2.74. The number of nitrogens with zero attached hydrogens (tertiary/aromatic N) is 1. The van der Waals surface area contributed by atoms with E-state index >= 15 is 0 Å². The lowest BCUT2D eigenvalue weighted by atomic mass is 10.1. The van der Waals surface area contributed by atoms with Crippen molar-refractivity contribution in [3.8, 4) is 0 Å². The Labute approximate surface area is 144 Å². The normalized spacial score (nSPS) is 17.0. The highest BCUT2D eigenvalue weighted by molar-refractivity contribution is 6.03. The molecule has 2 aromatic carbocycles. The molecule has 6 heteroatoms. The van der Waals surface area contributed by atoms with Gasteiger partial charge < -0.3 is 10.2 Å². The standard InChI is InChI=1S/C19H18F2N2O2/c1-2-12-3-6-15(7-4-12)23-11-13(9-18(23)24)19(25)22-17-8-5-14(20)10-16(17)21/h3-8,10,13H,2,9,11H2,1H3,(H,22,25)/t13-/m1/s1. The van der Waals surface area contributed by atoms with Crippen LogP contribution in [-0.2, 0) is 16.0 Å². The minimum atomic E-state index is -0.843. The largest absolute Gasteiger partial charge is 0.323 e. The van der Waals surface area contributed by atoms with Gasteiger partial charge >= 0.3 is 0 Å². The highest BCUT2D eigenvalue weighted by atomic mass is 19.1. The van der Waals surface area contributed by atoms with Gasteiger partial charge in [-0.05, 0) is 36.2 Å². The van der Waals surface area contributed by atoms with E-state index in [4.69, 9.17) is 0 Å². The van der Waals surface area contributed by atoms with Crippen molar-refractivity contribution in [3.63, 3.8) is 0 Å². The van der Waals surface area contributed by atoms with Gasteiger partial charge in [0.25, 0.3) is 0 Å². The quantitative estimate of drug-likeness (QED) is 0.923. The zero-order valence-electron chi connectivity index (χ0n) is 13.8. The van der Waals surface area contributed by atoms with Gasteiger partial charge in [0.1, 0.15) is 11.6 Å². The fraction of sp³-hybridized carbons (Fsp3) is 0.263. The second kappa shape index (κ2) is 7.01. The molecule has 3 rings (SSSR count). The van der Waals surface area contributed by atoms with Gasteiger partial charge in [0.05, 0.1) is 11.6 Å². The number of carbonyl (C=O) groups is 2. The summed E-state index contributed by atoms with van der Waals surface area (Å²) >= 11 is 0. The van der Waals surface area contributed by atoms with E-state index in [0.717, 1.165) is 23.7 Å². The number of benzene rings is 2. The smallest absolute Gasteiger partial charge is 0.229 e. The lowest BCUT2D eigenvalue weighted by Crippen LogP contribution is -2.28. The molecule has 1 aliphatic heterocycles. The summed E-state index contributed by atoms with van der Waals surface area (Å²) in [7, 11) is 0. The monoisotopic (exact) mass is 344 g/mol. The van der Waals surface area contributed by atoms with Crippen LogP contribution in [0.1, 0.15) is 18.9 Å². The Hall–Kier alpha value is -2.76. The molecule has 25 heavy (non-hydrogen) atoms. The maximum atomic E-state index is 13.7. The molecule has 1 aliphatic rings. The molecule has 1 fully saturated rings. The average molecular weight is 344 g/mol. The Morgan fingerprint density at radius 3 is 2.56 bits per heavy atom. The van der Waals surface area contributed by atoms with Gasteiger partial charge in [0.2, 0.25) is 11.8 Å². The van der Waals surface area contributed by atoms with Crippen LogP contribution < -0.4 is 10.2 Å². The number of hydrogen-bond acceptors (Lipinski definition) is 2. The Morgan fingerprint density at radius 2 is 1.92 bits per heavy atom. The van der Waals surface area contributed by atoms with Crippen LogP contribution in [0.5, 0.6) is 0 Å². The Morgan fingerprint density at radius 1 is 1.20 bits per heavy atom. The van der Waals surface area contributed by atoms with E-state index < -0.39 is 23.5 Å². The summed E-state index contributed by atoms with van der Waals surface area (Å²) in [5.41, 5.74) is 1.81. The van der Waals surface area contributed by atoms with Crippen LogP contribution >= 0.6 is 0 Å². The minimum absolute atomic E-state index is 0.0597. The third-order valence-corrected chi connectivity index (χ3v) is 4.34. The van der Waals surface area contributed by atoms with Crippen LogP contribution in [0.2, 0.25) is 0 Å². The molecule has 0 bridgehead atoms. The van der Waals surface area contributed by atoms with E-state index in [1.165, 1.54) is 6.07 Å². The molecule has 1 N–H and O–H groups in total. The zero-order chi connectivity index (χ0) is 18.0. The molecule has 2 aromatic rings. The third-order valence-electron chi connectivity index (χ3n) is 4.34. The molecule has 1 heterocycles. The number of aryl methyl sites for hydroxylation is 1. The molecule has 130 valence electrons. The molecule has 0 unspecified atom stereocenters. The van der Waals surface area contributed by atoms with Crippen molar-refractivity contribution >= 4 is 23.2 Å². The lowest BCUT2D eigenvalue weighted by molar-refractivity contribution is -0.122. The zero-order valence-corrected chi connectivity index (χ0v) is 13.8. The second-order valence-electron chi connectivity index (χ2n) is 6.04. The molecule has 0 radical (unpaired) electrons. The summed E-state index contributed by atoms with van der Waals surface area (Å²) in [4.78, 5) is 26.1. The van der Waals surface area contributed by atoms with Crippen LogP contribution in [0.3, 0.4) is 0 Å². The van der Waals surface area contributed by atoms with E-state index in [1.54, 1.807) is 4.90 Å². The Balaban J connectivity index is 1.69. The fourth-order valence-corrected chi connectivity index (χ4v) is 2.87. The maximum absolute atomic E-state index is 13.7. The van der Waals surface area contributed by atoms with Crippen molar-refractivity contribution in [2.24, 2.45) is 5.92 Å². The molecular weight excluding hydrogens is 326 g/mol. The molecule has 0 saturated carbocycles. The second-order valence-corrected chi connectivity index (χ2v) is 6.04. The van der Waals surface area contributed by atoms with Gasteiger partial charge in [-0.1, -0.05) is 19.1 Å². The van der Waals surface area contributed by atoms with Gasteiger partial charge in [0, 0.05) is 24.7 Å². The first-order valence-electron chi connectivity index (χ1n) is 8.13. The minimum Gasteiger partial charge on any atom is -0.323 e. The number of halogens is 2. The first-order chi connectivity index (χ1) is 12.0. The predicted molar refractivity (Wildman–Crippen MR) is 91.3 cm³/mol. The van der Waals surface area contributed by atoms with Crippen molar-refractivity contribution in [1.29, 1.82) is 0 Å². The fourth-order valence-electron chi connectivity index (χ4n) is 2.87. The van der Waals surface area contributed by atoms with E-state index in [1.807, 2.05) is 31.2 Å². The lowest BCUT2D eigenvalue weighted by Gasteiger charge is -2.17. The Kier molecular flexibility index (Phi) is 4.79. The summed E-state index contributed by atoms with van der Waals surface area (Å²) in [5, 5.41) is 2.43. The van der Waals surface area contributed by atoms with Crippen molar-refractivity contribution in [1.82, 2.24) is 0 Å². The van der Waals surface area contributed by atoms with Crippen LogP contribution in [-0.4, -0.2) is 18.4 Å². The van der Waals surface area contributed by atoms with Gasteiger partial charge in [-0.3, -0.25) is 9.59 Å². The Bertz CT molecular complexity index is 806. The molecule has 4 nitrogen and oxygen atoms in total. The summed E-state index contributed by atoms with van der Waals surface area (Å²) in [6.45, 7) is 2.28. The number of hydrogen-bond donors (Lipinski definition) is 1. The van der Waals surface area contributed by atoms with Gasteiger partial charge in [0.15, 0.2) is 0 Å². The van der Waals surface area contributed by atoms with Crippen LogP contribution in [0.4, 0.5) is 20.2 Å². The van der Waals surface area contributed by atoms with Crippen LogP contribution in [0.15, 0.2) is 42.5 Å². The molecule has 1 atom stereocenters. The highest BCUT2D eigenvalue weighted by Gasteiger charge is 2.35. The number of rotatable bonds is 4. The maximum Gasteiger partial charge on any atom is 0.229 e. The molecule has 0 spiro atoms. The molecule has 2 amide bonds. The molecule has 0 aromatic heterocycles. The third kappa shape index (κ3) is 3.68. The first kappa shape index (κ1) is 17.1.